The lowest BCUT2D eigenvalue weighted by molar-refractivity contribution is 0.667. The third-order valence-corrected chi connectivity index (χ3v) is 4.45. The summed E-state index contributed by atoms with van der Waals surface area (Å²) in [5.74, 6) is 0. The van der Waals surface area contributed by atoms with E-state index in [1.165, 1.54) is 12.0 Å². The van der Waals surface area contributed by atoms with Crippen LogP contribution >= 0.6 is 27.5 Å². The molecule has 3 rings (SSSR count). The summed E-state index contributed by atoms with van der Waals surface area (Å²) in [4.78, 5) is 5.07. The molecule has 1 aliphatic carbocycles. The highest BCUT2D eigenvalue weighted by Gasteiger charge is 2.23. The third kappa shape index (κ3) is 1.56. The zero-order valence-corrected chi connectivity index (χ0v) is 11.1. The summed E-state index contributed by atoms with van der Waals surface area (Å²) in [6, 6.07) is 8.08. The van der Waals surface area contributed by atoms with Crippen molar-refractivity contribution < 1.29 is 0 Å². The van der Waals surface area contributed by atoms with Gasteiger partial charge in [-0.1, -0.05) is 45.7 Å². The van der Waals surface area contributed by atoms with Gasteiger partial charge < -0.3 is 0 Å². The molecule has 0 saturated carbocycles. The van der Waals surface area contributed by atoms with Crippen molar-refractivity contribution in [3.05, 3.63) is 40.5 Å². The van der Waals surface area contributed by atoms with E-state index < -0.39 is 0 Å². The maximum Gasteiger partial charge on any atom is 0.0720 e. The number of benzene rings is 1. The highest BCUT2D eigenvalue weighted by molar-refractivity contribution is 9.09. The molecule has 1 aliphatic rings. The molecule has 0 fully saturated rings. The number of nitrogens with zero attached hydrogens (tertiary/aromatic N) is 1. The van der Waals surface area contributed by atoms with Gasteiger partial charge in [-0.05, 0) is 25.3 Å². The molecule has 1 nitrogen and oxygen atoms in total. The molecule has 0 saturated heterocycles. The van der Waals surface area contributed by atoms with Gasteiger partial charge in [-0.2, -0.15) is 0 Å². The summed E-state index contributed by atoms with van der Waals surface area (Å²) in [6.45, 7) is 0. The number of pyridine rings is 1. The van der Waals surface area contributed by atoms with Crippen molar-refractivity contribution in [2.75, 3.05) is 0 Å². The molecule has 1 unspecified atom stereocenters. The highest BCUT2D eigenvalue weighted by atomic mass is 79.9. The molecular weight excluding hydrogens is 286 g/mol. The normalized spacial score (nSPS) is 19.8. The van der Waals surface area contributed by atoms with Crippen LogP contribution in [0.4, 0.5) is 0 Å². The topological polar surface area (TPSA) is 12.9 Å². The van der Waals surface area contributed by atoms with Gasteiger partial charge in [0.2, 0.25) is 0 Å². The highest BCUT2D eigenvalue weighted by Crippen LogP contribution is 2.42. The average Bonchev–Trinajstić information content (AvgIpc) is 2.29. The molecule has 0 bridgehead atoms. The van der Waals surface area contributed by atoms with E-state index in [0.29, 0.717) is 4.83 Å². The van der Waals surface area contributed by atoms with Crippen LogP contribution in [0.5, 0.6) is 0 Å². The van der Waals surface area contributed by atoms with E-state index in [-0.39, 0.29) is 0 Å². The van der Waals surface area contributed by atoms with Gasteiger partial charge in [-0.15, -0.1) is 0 Å². The Morgan fingerprint density at radius 1 is 1.31 bits per heavy atom. The first kappa shape index (κ1) is 10.5. The minimum atomic E-state index is 0.362. The summed E-state index contributed by atoms with van der Waals surface area (Å²) >= 11 is 10.2. The van der Waals surface area contributed by atoms with Crippen LogP contribution < -0.4 is 0 Å². The monoisotopic (exact) mass is 295 g/mol. The lowest BCUT2D eigenvalue weighted by Crippen LogP contribution is -2.08. The van der Waals surface area contributed by atoms with Crippen molar-refractivity contribution >= 4 is 38.4 Å². The molecule has 3 heteroatoms. The first-order chi connectivity index (χ1) is 7.77. The largest absolute Gasteiger partial charge is 0.252 e. The van der Waals surface area contributed by atoms with Gasteiger partial charge in [-0.3, -0.25) is 4.98 Å². The Hall–Kier alpha value is -0.600. The number of fused-ring (bicyclic) bond motifs is 2. The Morgan fingerprint density at radius 3 is 3.00 bits per heavy atom. The maximum atomic E-state index is 6.48. The maximum absolute atomic E-state index is 6.48. The number of aryl methyl sites for hydroxylation is 1. The molecule has 0 spiro atoms. The van der Waals surface area contributed by atoms with Gasteiger partial charge in [0.1, 0.15) is 0 Å². The molecule has 0 amide bonds. The second kappa shape index (κ2) is 4.01. The fraction of sp³-hybridized carbons (Fsp3) is 0.308. The summed E-state index contributed by atoms with van der Waals surface area (Å²) < 4.78 is 0. The lowest BCUT2D eigenvalue weighted by atomic mass is 9.94. The van der Waals surface area contributed by atoms with Gasteiger partial charge in [0, 0.05) is 21.5 Å². The van der Waals surface area contributed by atoms with Crippen molar-refractivity contribution in [1.29, 1.82) is 0 Å². The molecule has 0 radical (unpaired) electrons. The van der Waals surface area contributed by atoms with E-state index in [4.69, 9.17) is 16.6 Å². The van der Waals surface area contributed by atoms with Gasteiger partial charge in [0.25, 0.3) is 0 Å². The fourth-order valence-electron chi connectivity index (χ4n) is 2.34. The molecule has 1 aromatic carbocycles. The van der Waals surface area contributed by atoms with Crippen LogP contribution in [0.15, 0.2) is 24.3 Å². The number of aromatic nitrogens is 1. The van der Waals surface area contributed by atoms with E-state index >= 15 is 0 Å². The van der Waals surface area contributed by atoms with Gasteiger partial charge in [-0.25, -0.2) is 0 Å². The molecule has 2 aromatic rings. The zero-order chi connectivity index (χ0) is 11.1. The Balaban J connectivity index is 2.36. The van der Waals surface area contributed by atoms with E-state index in [1.54, 1.807) is 0 Å². The van der Waals surface area contributed by atoms with Crippen LogP contribution in [0, 0.1) is 0 Å². The van der Waals surface area contributed by atoms with E-state index in [0.717, 1.165) is 34.5 Å². The molecule has 1 heterocycles. The SMILES string of the molecule is Clc1c2c(nc3ccccc13)CCCC2Br. The zero-order valence-electron chi connectivity index (χ0n) is 8.71. The van der Waals surface area contributed by atoms with E-state index in [2.05, 4.69) is 15.9 Å². The number of rotatable bonds is 0. The van der Waals surface area contributed by atoms with Crippen LogP contribution in [0.1, 0.15) is 28.9 Å². The molecule has 1 aromatic heterocycles. The van der Waals surface area contributed by atoms with Crippen molar-refractivity contribution in [2.45, 2.75) is 24.1 Å². The standard InChI is InChI=1S/C13H11BrClN/c14-9-5-3-7-11-12(9)13(15)8-4-1-2-6-10(8)16-11/h1-2,4,6,9H,3,5,7H2. The second-order valence-electron chi connectivity index (χ2n) is 4.16. The predicted molar refractivity (Wildman–Crippen MR) is 71.4 cm³/mol. The lowest BCUT2D eigenvalue weighted by Gasteiger charge is -2.22. The summed E-state index contributed by atoms with van der Waals surface area (Å²) in [6.07, 6.45) is 3.37. The van der Waals surface area contributed by atoms with Crippen LogP contribution in [0.25, 0.3) is 10.9 Å². The van der Waals surface area contributed by atoms with Crippen molar-refractivity contribution in [3.8, 4) is 0 Å². The van der Waals surface area contributed by atoms with Crippen LogP contribution in [0.3, 0.4) is 0 Å². The Kier molecular flexibility index (Phi) is 2.64. The first-order valence-corrected chi connectivity index (χ1v) is 6.78. The number of halogens is 2. The molecule has 0 N–H and O–H groups in total. The van der Waals surface area contributed by atoms with E-state index in [9.17, 15) is 0 Å². The minimum Gasteiger partial charge on any atom is -0.252 e. The molecule has 0 aliphatic heterocycles. The minimum absolute atomic E-state index is 0.362. The molecule has 1 atom stereocenters. The van der Waals surface area contributed by atoms with Crippen molar-refractivity contribution in [2.24, 2.45) is 0 Å². The summed E-state index contributed by atoms with van der Waals surface area (Å²) in [5, 5.41) is 1.94. The molecular formula is C13H11BrClN. The van der Waals surface area contributed by atoms with Gasteiger partial charge >= 0.3 is 0 Å². The van der Waals surface area contributed by atoms with Crippen LogP contribution in [-0.2, 0) is 6.42 Å². The number of para-hydroxylation sites is 1. The average molecular weight is 297 g/mol. The number of alkyl halides is 1. The summed E-state index contributed by atoms with van der Waals surface area (Å²) in [7, 11) is 0. The summed E-state index contributed by atoms with van der Waals surface area (Å²) in [5.41, 5.74) is 3.37. The van der Waals surface area contributed by atoms with Gasteiger partial charge in [0.05, 0.1) is 10.5 Å². The fourth-order valence-corrected chi connectivity index (χ4v) is 3.69. The molecule has 82 valence electrons. The second-order valence-corrected chi connectivity index (χ2v) is 5.65. The Bertz CT molecular complexity index is 553. The molecule has 16 heavy (non-hydrogen) atoms. The first-order valence-electron chi connectivity index (χ1n) is 5.48. The van der Waals surface area contributed by atoms with Crippen LogP contribution in [0.2, 0.25) is 5.02 Å². The van der Waals surface area contributed by atoms with Gasteiger partial charge in [0.15, 0.2) is 0 Å². The predicted octanol–water partition coefficient (Wildman–Crippen LogP) is 4.66. The number of hydrogen-bond acceptors (Lipinski definition) is 1. The van der Waals surface area contributed by atoms with Crippen molar-refractivity contribution in [1.82, 2.24) is 4.98 Å². The number of hydrogen-bond donors (Lipinski definition) is 0. The van der Waals surface area contributed by atoms with E-state index in [1.807, 2.05) is 24.3 Å². The Morgan fingerprint density at radius 2 is 2.12 bits per heavy atom. The van der Waals surface area contributed by atoms with Crippen molar-refractivity contribution in [3.63, 3.8) is 0 Å². The quantitative estimate of drug-likeness (QED) is 0.644. The van der Waals surface area contributed by atoms with Crippen LogP contribution in [-0.4, -0.2) is 4.98 Å². The Labute approximate surface area is 108 Å². The third-order valence-electron chi connectivity index (χ3n) is 3.13. The smallest absolute Gasteiger partial charge is 0.0720 e.